The van der Waals surface area contributed by atoms with Crippen LogP contribution >= 0.6 is 0 Å². The van der Waals surface area contributed by atoms with Crippen molar-refractivity contribution in [3.63, 3.8) is 0 Å². The first-order valence-corrected chi connectivity index (χ1v) is 10.7. The summed E-state index contributed by atoms with van der Waals surface area (Å²) < 4.78 is 38.1. The number of sulfonamides is 1. The molecule has 30 heavy (non-hydrogen) atoms. The second-order valence-corrected chi connectivity index (χ2v) is 8.33. The van der Waals surface area contributed by atoms with Crippen LogP contribution in [0.25, 0.3) is 10.9 Å². The number of carbonyl (C=O) groups is 2. The number of hydrogen-bond donors (Lipinski definition) is 2. The third kappa shape index (κ3) is 4.37. The van der Waals surface area contributed by atoms with Gasteiger partial charge in [0.25, 0.3) is 0 Å². The molecule has 1 heterocycles. The highest BCUT2D eigenvalue weighted by Crippen LogP contribution is 2.28. The third-order valence-corrected chi connectivity index (χ3v) is 6.01. The van der Waals surface area contributed by atoms with E-state index in [0.29, 0.717) is 16.5 Å². The molecular weight excluding hydrogens is 408 g/mol. The van der Waals surface area contributed by atoms with Gasteiger partial charge in [-0.05, 0) is 44.2 Å². The minimum Gasteiger partial charge on any atom is -0.465 e. The lowest BCUT2D eigenvalue weighted by atomic mass is 10.0. The van der Waals surface area contributed by atoms with Crippen LogP contribution in [0.15, 0.2) is 53.6 Å². The van der Waals surface area contributed by atoms with Gasteiger partial charge < -0.3 is 14.5 Å². The first-order valence-electron chi connectivity index (χ1n) is 9.21. The third-order valence-electron chi connectivity index (χ3n) is 4.57. The summed E-state index contributed by atoms with van der Waals surface area (Å²) in [6.07, 6.45) is 1.52. The van der Waals surface area contributed by atoms with E-state index >= 15 is 0 Å². The van der Waals surface area contributed by atoms with Gasteiger partial charge >= 0.3 is 11.9 Å². The quantitative estimate of drug-likeness (QED) is 0.557. The molecule has 9 heteroatoms. The highest BCUT2D eigenvalue weighted by molar-refractivity contribution is 7.89. The van der Waals surface area contributed by atoms with Crippen LogP contribution in [0.3, 0.4) is 0 Å². The Labute approximate surface area is 174 Å². The zero-order valence-corrected chi connectivity index (χ0v) is 17.6. The first-order chi connectivity index (χ1) is 14.3. The number of H-pyrrole nitrogens is 1. The van der Waals surface area contributed by atoms with Crippen LogP contribution < -0.4 is 4.72 Å². The molecule has 1 atom stereocenters. The van der Waals surface area contributed by atoms with Gasteiger partial charge in [-0.15, -0.1) is 0 Å². The molecule has 3 aromatic rings. The molecule has 3 rings (SSSR count). The van der Waals surface area contributed by atoms with E-state index in [2.05, 4.69) is 9.71 Å². The van der Waals surface area contributed by atoms with Crippen molar-refractivity contribution in [3.8, 4) is 0 Å². The Balaban J connectivity index is 2.07. The van der Waals surface area contributed by atoms with Gasteiger partial charge in [-0.2, -0.15) is 4.72 Å². The Morgan fingerprint density at radius 3 is 2.47 bits per heavy atom. The Morgan fingerprint density at radius 1 is 1.13 bits per heavy atom. The summed E-state index contributed by atoms with van der Waals surface area (Å²) in [5, 5.41) is 0.502. The number of aromatic amines is 1. The van der Waals surface area contributed by atoms with Crippen LogP contribution in [0.1, 0.15) is 34.5 Å². The minimum absolute atomic E-state index is 0.0255. The molecule has 1 unspecified atom stereocenters. The molecule has 0 saturated heterocycles. The van der Waals surface area contributed by atoms with Crippen LogP contribution in [-0.2, 0) is 24.3 Å². The number of carbonyl (C=O) groups excluding carboxylic acids is 2. The van der Waals surface area contributed by atoms with Crippen molar-refractivity contribution in [2.45, 2.75) is 24.8 Å². The molecule has 158 valence electrons. The van der Waals surface area contributed by atoms with E-state index in [1.54, 1.807) is 37.3 Å². The van der Waals surface area contributed by atoms with E-state index in [9.17, 15) is 18.0 Å². The van der Waals surface area contributed by atoms with Gasteiger partial charge in [-0.3, -0.25) is 0 Å². The van der Waals surface area contributed by atoms with E-state index in [1.165, 1.54) is 25.4 Å². The van der Waals surface area contributed by atoms with Crippen LogP contribution in [0.2, 0.25) is 0 Å². The number of aryl methyl sites for hydroxylation is 1. The largest absolute Gasteiger partial charge is 0.465 e. The molecule has 8 nitrogen and oxygen atoms in total. The molecule has 0 radical (unpaired) electrons. The molecule has 0 aliphatic carbocycles. The normalized spacial score (nSPS) is 12.5. The van der Waals surface area contributed by atoms with Crippen molar-refractivity contribution in [2.75, 3.05) is 13.7 Å². The number of esters is 2. The average molecular weight is 430 g/mol. The number of hydrogen-bond acceptors (Lipinski definition) is 6. The summed E-state index contributed by atoms with van der Waals surface area (Å²) in [7, 11) is -2.76. The van der Waals surface area contributed by atoms with Crippen molar-refractivity contribution in [3.05, 3.63) is 65.4 Å². The summed E-state index contributed by atoms with van der Waals surface area (Å²) in [4.78, 5) is 27.6. The maximum Gasteiger partial charge on any atom is 0.337 e. The van der Waals surface area contributed by atoms with Gasteiger partial charge in [0.1, 0.15) is 6.04 Å². The highest BCUT2D eigenvalue weighted by Gasteiger charge is 2.30. The summed E-state index contributed by atoms with van der Waals surface area (Å²) in [6.45, 7) is 3.56. The summed E-state index contributed by atoms with van der Waals surface area (Å²) in [6, 6.07) is 9.73. The fraction of sp³-hybridized carbons (Fsp3) is 0.238. The number of methoxy groups -OCH3 is 1. The predicted octanol–water partition coefficient (Wildman–Crippen LogP) is 2.85. The van der Waals surface area contributed by atoms with Gasteiger partial charge in [0.2, 0.25) is 10.0 Å². The maximum atomic E-state index is 12.9. The number of rotatable bonds is 7. The highest BCUT2D eigenvalue weighted by atomic mass is 32.2. The van der Waals surface area contributed by atoms with Crippen LogP contribution in [0.5, 0.6) is 0 Å². The van der Waals surface area contributed by atoms with Crippen LogP contribution in [0.4, 0.5) is 0 Å². The zero-order chi connectivity index (χ0) is 21.9. The molecule has 0 saturated carbocycles. The summed E-state index contributed by atoms with van der Waals surface area (Å²) in [5.74, 6) is -1.30. The Morgan fingerprint density at radius 2 is 1.83 bits per heavy atom. The number of fused-ring (bicyclic) bond motifs is 1. The number of benzene rings is 2. The second-order valence-electron chi connectivity index (χ2n) is 6.62. The zero-order valence-electron chi connectivity index (χ0n) is 16.8. The molecule has 0 bridgehead atoms. The van der Waals surface area contributed by atoms with Gasteiger partial charge in [0.05, 0.1) is 24.2 Å². The van der Waals surface area contributed by atoms with E-state index in [4.69, 9.17) is 9.47 Å². The number of nitrogens with one attached hydrogen (secondary N) is 2. The smallest absolute Gasteiger partial charge is 0.337 e. The SMILES string of the molecule is CCOC(=O)C(NS(=O)(=O)c1ccc(C)cc1)c1c[nH]c2ccc(C(=O)OC)cc12. The molecule has 0 fully saturated rings. The Hall–Kier alpha value is -3.17. The molecule has 0 aliphatic heterocycles. The minimum atomic E-state index is -4.02. The number of ether oxygens (including phenoxy) is 2. The van der Waals surface area contributed by atoms with Crippen molar-refractivity contribution < 1.29 is 27.5 Å². The maximum absolute atomic E-state index is 12.9. The molecule has 1 aromatic heterocycles. The topological polar surface area (TPSA) is 115 Å². The standard InChI is InChI=1S/C21H22N2O6S/c1-4-29-21(25)19(23-30(26,27)15-8-5-13(2)6-9-15)17-12-22-18-10-7-14(11-16(17)18)20(24)28-3/h5-12,19,22-23H,4H2,1-3H3. The van der Waals surface area contributed by atoms with E-state index < -0.39 is 28.0 Å². The molecule has 2 aromatic carbocycles. The van der Waals surface area contributed by atoms with E-state index in [0.717, 1.165) is 5.56 Å². The fourth-order valence-electron chi connectivity index (χ4n) is 3.03. The van der Waals surface area contributed by atoms with Crippen LogP contribution in [0, 0.1) is 6.92 Å². The average Bonchev–Trinajstić information content (AvgIpc) is 3.15. The molecular formula is C21H22N2O6S. The molecule has 0 amide bonds. The van der Waals surface area contributed by atoms with Crippen molar-refractivity contribution in [2.24, 2.45) is 0 Å². The van der Waals surface area contributed by atoms with Crippen molar-refractivity contribution in [1.29, 1.82) is 0 Å². The summed E-state index contributed by atoms with van der Waals surface area (Å²) in [5.41, 5.74) is 2.14. The van der Waals surface area contributed by atoms with Gasteiger partial charge in [-0.1, -0.05) is 17.7 Å². The van der Waals surface area contributed by atoms with Crippen molar-refractivity contribution in [1.82, 2.24) is 9.71 Å². The summed E-state index contributed by atoms with van der Waals surface area (Å²) >= 11 is 0. The van der Waals surface area contributed by atoms with Crippen molar-refractivity contribution >= 4 is 32.9 Å². The molecule has 0 spiro atoms. The lowest BCUT2D eigenvalue weighted by Gasteiger charge is -2.17. The fourth-order valence-corrected chi connectivity index (χ4v) is 4.19. The second kappa shape index (κ2) is 8.68. The lowest BCUT2D eigenvalue weighted by Crippen LogP contribution is -2.35. The molecule has 2 N–H and O–H groups in total. The lowest BCUT2D eigenvalue weighted by molar-refractivity contribution is -0.145. The predicted molar refractivity (Wildman–Crippen MR) is 111 cm³/mol. The van der Waals surface area contributed by atoms with E-state index in [1.807, 2.05) is 6.92 Å². The van der Waals surface area contributed by atoms with Crippen LogP contribution in [-0.4, -0.2) is 39.1 Å². The van der Waals surface area contributed by atoms with Gasteiger partial charge in [0, 0.05) is 22.7 Å². The van der Waals surface area contributed by atoms with E-state index in [-0.39, 0.29) is 17.1 Å². The molecule has 0 aliphatic rings. The Kier molecular flexibility index (Phi) is 6.23. The number of aromatic nitrogens is 1. The van der Waals surface area contributed by atoms with Gasteiger partial charge in [0.15, 0.2) is 0 Å². The monoisotopic (exact) mass is 430 g/mol. The Bertz CT molecular complexity index is 1180. The first kappa shape index (κ1) is 21.5. The van der Waals surface area contributed by atoms with Gasteiger partial charge in [-0.25, -0.2) is 18.0 Å².